The average molecular weight is 367 g/mol. The molecular weight excluding hydrogens is 343 g/mol. The minimum absolute atomic E-state index is 0. The minimum atomic E-state index is -0.316. The van der Waals surface area contributed by atoms with Crippen molar-refractivity contribution in [2.75, 3.05) is 7.05 Å². The van der Waals surface area contributed by atoms with Crippen LogP contribution in [0.25, 0.3) is 0 Å². The van der Waals surface area contributed by atoms with E-state index in [-0.39, 0.29) is 36.3 Å². The largest absolute Gasteiger partial charge is 0.339 e. The molecule has 0 aliphatic rings. The van der Waals surface area contributed by atoms with Crippen molar-refractivity contribution in [1.29, 1.82) is 0 Å². The Morgan fingerprint density at radius 3 is 2.08 bits per heavy atom. The van der Waals surface area contributed by atoms with Gasteiger partial charge in [-0.2, -0.15) is 0 Å². The molecule has 130 valence electrons. The van der Waals surface area contributed by atoms with Crippen LogP contribution in [0.2, 0.25) is 5.02 Å². The maximum Gasteiger partial charge on any atom is 0.227 e. The third kappa shape index (κ3) is 4.73. The van der Waals surface area contributed by atoms with E-state index in [4.69, 9.17) is 17.3 Å². The first kappa shape index (κ1) is 20.5. The van der Waals surface area contributed by atoms with Crippen molar-refractivity contribution in [3.8, 4) is 0 Å². The third-order valence-electron chi connectivity index (χ3n) is 4.39. The average Bonchev–Trinajstić information content (AvgIpc) is 2.60. The predicted molar refractivity (Wildman–Crippen MR) is 102 cm³/mol. The number of nitrogens with zero attached hydrogens (tertiary/aromatic N) is 1. The SMILES string of the molecule is CC(C(=O)N(C)C(C)c1ccc(Cl)cc1)C(N)c1ccccc1.Cl. The second kappa shape index (κ2) is 9.07. The van der Waals surface area contributed by atoms with Crippen molar-refractivity contribution in [1.82, 2.24) is 4.90 Å². The Balaban J connectivity index is 0.00000288. The van der Waals surface area contributed by atoms with Gasteiger partial charge in [-0.3, -0.25) is 4.79 Å². The summed E-state index contributed by atoms with van der Waals surface area (Å²) in [6, 6.07) is 16.9. The Hall–Kier alpha value is -1.55. The van der Waals surface area contributed by atoms with Crippen molar-refractivity contribution in [3.63, 3.8) is 0 Å². The fourth-order valence-electron chi connectivity index (χ4n) is 2.59. The van der Waals surface area contributed by atoms with Crippen molar-refractivity contribution in [3.05, 3.63) is 70.7 Å². The van der Waals surface area contributed by atoms with Crippen LogP contribution in [0.4, 0.5) is 0 Å². The molecule has 2 N–H and O–H groups in total. The molecule has 0 heterocycles. The first-order valence-corrected chi connectivity index (χ1v) is 8.12. The van der Waals surface area contributed by atoms with Gasteiger partial charge in [-0.05, 0) is 30.2 Å². The number of benzene rings is 2. The van der Waals surface area contributed by atoms with Gasteiger partial charge in [0.05, 0.1) is 12.0 Å². The van der Waals surface area contributed by atoms with Crippen LogP contribution in [-0.2, 0) is 4.79 Å². The summed E-state index contributed by atoms with van der Waals surface area (Å²) in [5.74, 6) is -0.263. The first-order chi connectivity index (χ1) is 10.9. The zero-order valence-electron chi connectivity index (χ0n) is 14.1. The Labute approximate surface area is 155 Å². The fourth-order valence-corrected chi connectivity index (χ4v) is 2.72. The van der Waals surface area contributed by atoms with Gasteiger partial charge in [0.2, 0.25) is 5.91 Å². The highest BCUT2D eigenvalue weighted by Crippen LogP contribution is 2.26. The van der Waals surface area contributed by atoms with Gasteiger partial charge in [-0.15, -0.1) is 12.4 Å². The third-order valence-corrected chi connectivity index (χ3v) is 4.65. The lowest BCUT2D eigenvalue weighted by Gasteiger charge is -2.30. The molecule has 1 amide bonds. The van der Waals surface area contributed by atoms with Crippen LogP contribution < -0.4 is 5.73 Å². The Bertz CT molecular complexity index is 646. The topological polar surface area (TPSA) is 46.3 Å². The fraction of sp³-hybridized carbons (Fsp3) is 0.316. The van der Waals surface area contributed by atoms with E-state index in [1.165, 1.54) is 0 Å². The number of carbonyl (C=O) groups is 1. The molecule has 0 spiro atoms. The summed E-state index contributed by atoms with van der Waals surface area (Å²) in [7, 11) is 1.82. The van der Waals surface area contributed by atoms with E-state index in [0.717, 1.165) is 11.1 Å². The highest BCUT2D eigenvalue weighted by Gasteiger charge is 2.27. The van der Waals surface area contributed by atoms with Crippen molar-refractivity contribution in [2.45, 2.75) is 25.9 Å². The standard InChI is InChI=1S/C19H23ClN2O.ClH/c1-13(18(21)16-7-5-4-6-8-16)19(23)22(3)14(2)15-9-11-17(20)12-10-15;/h4-14,18H,21H2,1-3H3;1H. The van der Waals surface area contributed by atoms with E-state index in [1.807, 2.05) is 75.5 Å². The summed E-state index contributed by atoms with van der Waals surface area (Å²) < 4.78 is 0. The molecule has 2 aromatic rings. The molecule has 0 saturated heterocycles. The maximum absolute atomic E-state index is 12.8. The van der Waals surface area contributed by atoms with E-state index >= 15 is 0 Å². The second-order valence-corrected chi connectivity index (χ2v) is 6.34. The molecule has 0 aliphatic carbocycles. The minimum Gasteiger partial charge on any atom is -0.339 e. The highest BCUT2D eigenvalue weighted by atomic mass is 35.5. The number of hydrogen-bond donors (Lipinski definition) is 1. The number of amides is 1. The van der Waals surface area contributed by atoms with E-state index in [2.05, 4.69) is 0 Å². The van der Waals surface area contributed by atoms with Crippen LogP contribution in [0.15, 0.2) is 54.6 Å². The number of halogens is 2. The van der Waals surface area contributed by atoms with Crippen molar-refractivity contribution < 1.29 is 4.79 Å². The molecule has 0 fully saturated rings. The van der Waals surface area contributed by atoms with Crippen LogP contribution in [0.5, 0.6) is 0 Å². The van der Waals surface area contributed by atoms with Gasteiger partial charge in [0, 0.05) is 18.1 Å². The maximum atomic E-state index is 12.8. The van der Waals surface area contributed by atoms with Gasteiger partial charge in [0.1, 0.15) is 0 Å². The van der Waals surface area contributed by atoms with Crippen molar-refractivity contribution in [2.24, 2.45) is 11.7 Å². The quantitative estimate of drug-likeness (QED) is 0.838. The van der Waals surface area contributed by atoms with Crippen LogP contribution in [-0.4, -0.2) is 17.9 Å². The zero-order valence-corrected chi connectivity index (χ0v) is 15.7. The van der Waals surface area contributed by atoms with Crippen LogP contribution in [0.3, 0.4) is 0 Å². The Kier molecular flexibility index (Phi) is 7.74. The molecule has 2 aromatic carbocycles. The molecular formula is C19H24Cl2N2O. The Morgan fingerprint density at radius 1 is 1.00 bits per heavy atom. The van der Waals surface area contributed by atoms with Gasteiger partial charge in [-0.25, -0.2) is 0 Å². The monoisotopic (exact) mass is 366 g/mol. The molecule has 3 unspecified atom stereocenters. The normalized spacial score (nSPS) is 14.2. The van der Waals surface area contributed by atoms with Crippen LogP contribution >= 0.6 is 24.0 Å². The molecule has 24 heavy (non-hydrogen) atoms. The molecule has 3 atom stereocenters. The summed E-state index contributed by atoms with van der Waals surface area (Å²) in [6.07, 6.45) is 0. The van der Waals surface area contributed by atoms with Gasteiger partial charge >= 0.3 is 0 Å². The molecule has 0 aromatic heterocycles. The van der Waals surface area contributed by atoms with E-state index < -0.39 is 0 Å². The van der Waals surface area contributed by atoms with Crippen LogP contribution in [0, 0.1) is 5.92 Å². The zero-order chi connectivity index (χ0) is 17.0. The molecule has 2 rings (SSSR count). The smallest absolute Gasteiger partial charge is 0.227 e. The summed E-state index contributed by atoms with van der Waals surface area (Å²) >= 11 is 5.92. The summed E-state index contributed by atoms with van der Waals surface area (Å²) in [6.45, 7) is 3.88. The second-order valence-electron chi connectivity index (χ2n) is 5.90. The number of hydrogen-bond acceptors (Lipinski definition) is 2. The van der Waals surface area contributed by atoms with Gasteiger partial charge in [0.15, 0.2) is 0 Å². The van der Waals surface area contributed by atoms with E-state index in [0.29, 0.717) is 5.02 Å². The lowest BCUT2D eigenvalue weighted by Crippen LogP contribution is -2.38. The molecule has 0 aliphatic heterocycles. The van der Waals surface area contributed by atoms with Gasteiger partial charge in [0.25, 0.3) is 0 Å². The summed E-state index contributed by atoms with van der Waals surface area (Å²) in [5.41, 5.74) is 8.29. The number of nitrogens with two attached hydrogens (primary N) is 1. The summed E-state index contributed by atoms with van der Waals surface area (Å²) in [5, 5.41) is 0.689. The Morgan fingerprint density at radius 2 is 1.54 bits per heavy atom. The molecule has 0 radical (unpaired) electrons. The molecule has 0 saturated carbocycles. The first-order valence-electron chi connectivity index (χ1n) is 7.74. The van der Waals surface area contributed by atoms with Gasteiger partial charge in [-0.1, -0.05) is 61.0 Å². The number of carbonyl (C=O) groups excluding carboxylic acids is 1. The van der Waals surface area contributed by atoms with Crippen LogP contribution in [0.1, 0.15) is 37.1 Å². The van der Waals surface area contributed by atoms with Crippen molar-refractivity contribution >= 4 is 29.9 Å². The molecule has 5 heteroatoms. The highest BCUT2D eigenvalue weighted by molar-refractivity contribution is 6.30. The number of rotatable bonds is 5. The van der Waals surface area contributed by atoms with E-state index in [1.54, 1.807) is 4.90 Å². The van der Waals surface area contributed by atoms with E-state index in [9.17, 15) is 4.79 Å². The predicted octanol–water partition coefficient (Wildman–Crippen LogP) is 4.62. The van der Waals surface area contributed by atoms with Gasteiger partial charge < -0.3 is 10.6 Å². The molecule has 0 bridgehead atoms. The summed E-state index contributed by atoms with van der Waals surface area (Å²) in [4.78, 5) is 14.5. The lowest BCUT2D eigenvalue weighted by atomic mass is 9.93. The molecule has 3 nitrogen and oxygen atoms in total. The lowest BCUT2D eigenvalue weighted by molar-refractivity contribution is -0.136.